The van der Waals surface area contributed by atoms with Gasteiger partial charge in [-0.25, -0.2) is 13.2 Å². The second-order valence-electron chi connectivity index (χ2n) is 6.51. The van der Waals surface area contributed by atoms with Gasteiger partial charge in [-0.3, -0.25) is 4.79 Å². The predicted octanol–water partition coefficient (Wildman–Crippen LogP) is 5.06. The minimum absolute atomic E-state index is 0.386. The summed E-state index contributed by atoms with van der Waals surface area (Å²) in [6.45, 7) is 2.73. The molecular formula is C16H13ClF6O2. The van der Waals surface area contributed by atoms with E-state index in [9.17, 15) is 36.2 Å². The maximum atomic E-state index is 13.9. The van der Waals surface area contributed by atoms with Gasteiger partial charge in [-0.05, 0) is 11.8 Å². The Morgan fingerprint density at radius 2 is 1.72 bits per heavy atom. The van der Waals surface area contributed by atoms with Gasteiger partial charge in [0.15, 0.2) is 0 Å². The number of carboxylic acids is 1. The normalized spacial score (nSPS) is 25.8. The van der Waals surface area contributed by atoms with Gasteiger partial charge >= 0.3 is 12.1 Å². The molecule has 25 heavy (non-hydrogen) atoms. The van der Waals surface area contributed by atoms with Gasteiger partial charge in [0.05, 0.1) is 5.41 Å². The molecular weight excluding hydrogens is 374 g/mol. The van der Waals surface area contributed by atoms with Crippen molar-refractivity contribution in [3.05, 3.63) is 46.3 Å². The van der Waals surface area contributed by atoms with E-state index in [4.69, 9.17) is 11.6 Å². The van der Waals surface area contributed by atoms with E-state index in [1.54, 1.807) is 0 Å². The van der Waals surface area contributed by atoms with Crippen molar-refractivity contribution in [1.82, 2.24) is 0 Å². The van der Waals surface area contributed by atoms with E-state index in [1.807, 2.05) is 0 Å². The van der Waals surface area contributed by atoms with Crippen LogP contribution in [-0.2, 0) is 11.2 Å². The number of halogens is 7. The van der Waals surface area contributed by atoms with Crippen LogP contribution in [-0.4, -0.2) is 17.3 Å². The summed E-state index contributed by atoms with van der Waals surface area (Å²) in [4.78, 5) is 11.8. The molecule has 0 heterocycles. The zero-order valence-corrected chi connectivity index (χ0v) is 13.8. The Balaban J connectivity index is 2.50. The molecule has 1 saturated carbocycles. The van der Waals surface area contributed by atoms with Crippen molar-refractivity contribution in [2.75, 3.05) is 0 Å². The molecule has 0 aliphatic heterocycles. The van der Waals surface area contributed by atoms with Crippen LogP contribution in [0.1, 0.15) is 19.4 Å². The summed E-state index contributed by atoms with van der Waals surface area (Å²) in [5, 5.41) is 8.04. The number of hydrogen-bond acceptors (Lipinski definition) is 1. The Morgan fingerprint density at radius 1 is 1.24 bits per heavy atom. The molecule has 0 radical (unpaired) electrons. The lowest BCUT2D eigenvalue weighted by Gasteiger charge is -2.16. The highest BCUT2D eigenvalue weighted by molar-refractivity contribution is 6.30. The highest BCUT2D eigenvalue weighted by Crippen LogP contribution is 2.71. The standard InChI is InChI=1S/C16H13ClF6O2/c1-14(2)11(5-12(17)16(21,22)23)15(14,13(24)25)6-8-9(19)3-7(18)4-10(8)20/h3-5,11H,6H2,1-2H3,(H,24,25). The molecule has 1 aliphatic rings. The summed E-state index contributed by atoms with van der Waals surface area (Å²) >= 11 is 5.18. The molecule has 0 amide bonds. The first-order valence-electron chi connectivity index (χ1n) is 7.06. The van der Waals surface area contributed by atoms with Crippen LogP contribution in [0.4, 0.5) is 26.3 Å². The number of hydrogen-bond donors (Lipinski definition) is 1. The summed E-state index contributed by atoms with van der Waals surface area (Å²) in [7, 11) is 0. The number of carboxylic acid groups (broad SMARTS) is 1. The van der Waals surface area contributed by atoms with E-state index >= 15 is 0 Å². The quantitative estimate of drug-likeness (QED) is 0.734. The summed E-state index contributed by atoms with van der Waals surface area (Å²) in [6, 6.07) is 0.772. The van der Waals surface area contributed by atoms with Crippen molar-refractivity contribution in [1.29, 1.82) is 0 Å². The Morgan fingerprint density at radius 3 is 2.12 bits per heavy atom. The van der Waals surface area contributed by atoms with Crippen molar-refractivity contribution < 1.29 is 36.2 Å². The lowest BCUT2D eigenvalue weighted by molar-refractivity contribution is -0.145. The first kappa shape index (κ1) is 19.6. The molecule has 0 bridgehead atoms. The van der Waals surface area contributed by atoms with Crippen LogP contribution < -0.4 is 0 Å². The molecule has 0 aromatic heterocycles. The third-order valence-corrected chi connectivity index (χ3v) is 5.24. The van der Waals surface area contributed by atoms with Crippen LogP contribution in [0.15, 0.2) is 23.2 Å². The number of allylic oxidation sites excluding steroid dienone is 2. The van der Waals surface area contributed by atoms with Crippen LogP contribution in [0.5, 0.6) is 0 Å². The van der Waals surface area contributed by atoms with Gasteiger partial charge in [-0.2, -0.15) is 13.2 Å². The predicted molar refractivity (Wildman–Crippen MR) is 77.4 cm³/mol. The molecule has 1 fully saturated rings. The van der Waals surface area contributed by atoms with Gasteiger partial charge in [-0.15, -0.1) is 0 Å². The molecule has 0 saturated heterocycles. The van der Waals surface area contributed by atoms with Gasteiger partial charge in [0, 0.05) is 23.6 Å². The average molecular weight is 387 g/mol. The third kappa shape index (κ3) is 3.12. The number of alkyl halides is 3. The minimum atomic E-state index is -4.86. The fraction of sp³-hybridized carbons (Fsp3) is 0.438. The summed E-state index contributed by atoms with van der Waals surface area (Å²) in [6.07, 6.45) is -5.05. The van der Waals surface area contributed by atoms with E-state index in [0.717, 1.165) is 0 Å². The first-order valence-corrected chi connectivity index (χ1v) is 7.44. The Bertz CT molecular complexity index is 732. The van der Waals surface area contributed by atoms with Crippen molar-refractivity contribution in [2.24, 2.45) is 16.7 Å². The van der Waals surface area contributed by atoms with Crippen LogP contribution in [0, 0.1) is 34.2 Å². The fourth-order valence-electron chi connectivity index (χ4n) is 3.33. The van der Waals surface area contributed by atoms with Gasteiger partial charge in [0.1, 0.15) is 22.5 Å². The van der Waals surface area contributed by atoms with Gasteiger partial charge in [0.2, 0.25) is 0 Å². The third-order valence-electron chi connectivity index (χ3n) is 4.90. The van der Waals surface area contributed by atoms with Crippen molar-refractivity contribution in [3.63, 3.8) is 0 Å². The monoisotopic (exact) mass is 386 g/mol. The SMILES string of the molecule is CC1(C)C(C=C(Cl)C(F)(F)F)C1(Cc1c(F)cc(F)cc1F)C(=O)O. The molecule has 2 rings (SSSR count). The van der Waals surface area contributed by atoms with Crippen LogP contribution >= 0.6 is 11.6 Å². The summed E-state index contributed by atoms with van der Waals surface area (Å²) < 4.78 is 78.6. The molecule has 138 valence electrons. The molecule has 1 aromatic rings. The second-order valence-corrected chi connectivity index (χ2v) is 6.92. The number of carbonyl (C=O) groups is 1. The van der Waals surface area contributed by atoms with E-state index in [2.05, 4.69) is 0 Å². The highest BCUT2D eigenvalue weighted by atomic mass is 35.5. The van der Waals surface area contributed by atoms with E-state index in [0.29, 0.717) is 18.2 Å². The molecule has 1 N–H and O–H groups in total. The highest BCUT2D eigenvalue weighted by Gasteiger charge is 2.75. The lowest BCUT2D eigenvalue weighted by Crippen LogP contribution is -2.25. The zero-order chi connectivity index (χ0) is 19.4. The fourth-order valence-corrected chi connectivity index (χ4v) is 3.45. The molecule has 0 spiro atoms. The van der Waals surface area contributed by atoms with Crippen LogP contribution in [0.25, 0.3) is 0 Å². The van der Waals surface area contributed by atoms with Crippen molar-refractivity contribution in [3.8, 4) is 0 Å². The number of rotatable bonds is 4. The van der Waals surface area contributed by atoms with Crippen LogP contribution in [0.2, 0.25) is 0 Å². The number of benzene rings is 1. The second kappa shape index (κ2) is 5.93. The molecule has 9 heteroatoms. The van der Waals surface area contributed by atoms with Gasteiger partial charge in [0.25, 0.3) is 0 Å². The van der Waals surface area contributed by atoms with E-state index in [1.165, 1.54) is 13.8 Å². The zero-order valence-electron chi connectivity index (χ0n) is 13.0. The molecule has 2 atom stereocenters. The Kier molecular flexibility index (Phi) is 4.66. The van der Waals surface area contributed by atoms with E-state index < -0.39 is 63.4 Å². The first-order chi connectivity index (χ1) is 11.2. The minimum Gasteiger partial charge on any atom is -0.481 e. The molecule has 2 unspecified atom stereocenters. The summed E-state index contributed by atoms with van der Waals surface area (Å²) in [5.74, 6) is -6.52. The maximum absolute atomic E-state index is 13.9. The average Bonchev–Trinajstić information content (AvgIpc) is 2.89. The largest absolute Gasteiger partial charge is 0.481 e. The van der Waals surface area contributed by atoms with Crippen LogP contribution in [0.3, 0.4) is 0 Å². The van der Waals surface area contributed by atoms with Gasteiger partial charge < -0.3 is 5.11 Å². The maximum Gasteiger partial charge on any atom is 0.426 e. The number of aliphatic carboxylic acids is 1. The van der Waals surface area contributed by atoms with Crippen molar-refractivity contribution >= 4 is 17.6 Å². The summed E-state index contributed by atoms with van der Waals surface area (Å²) in [5.41, 5.74) is -3.86. The van der Waals surface area contributed by atoms with Gasteiger partial charge in [-0.1, -0.05) is 31.5 Å². The smallest absolute Gasteiger partial charge is 0.426 e. The topological polar surface area (TPSA) is 37.3 Å². The Labute approximate surface area is 144 Å². The lowest BCUT2D eigenvalue weighted by atomic mass is 9.88. The molecule has 2 nitrogen and oxygen atoms in total. The molecule has 1 aromatic carbocycles. The Hall–Kier alpha value is -1.70. The van der Waals surface area contributed by atoms with E-state index in [-0.39, 0.29) is 0 Å². The molecule has 1 aliphatic carbocycles. The van der Waals surface area contributed by atoms with Crippen molar-refractivity contribution in [2.45, 2.75) is 26.4 Å².